The lowest BCUT2D eigenvalue weighted by Gasteiger charge is -2.13. The molecular weight excluding hydrogens is 224 g/mol. The minimum absolute atomic E-state index is 0.0253. The molecule has 0 aliphatic carbocycles. The lowest BCUT2D eigenvalue weighted by molar-refractivity contribution is -0.166. The highest BCUT2D eigenvalue weighted by Gasteiger charge is 2.10. The van der Waals surface area contributed by atoms with E-state index < -0.39 is 11.9 Å². The van der Waals surface area contributed by atoms with Gasteiger partial charge in [0.2, 0.25) is 0 Å². The Kier molecular flexibility index (Phi) is 4.62. The normalized spacial score (nSPS) is 9.82. The highest BCUT2D eigenvalue weighted by Crippen LogP contribution is 2.07. The molecule has 0 aliphatic heterocycles. The molecule has 0 aromatic heterocycles. The largest absolute Gasteiger partial charge is 0.465 e. The van der Waals surface area contributed by atoms with E-state index in [4.69, 9.17) is 5.73 Å². The zero-order valence-corrected chi connectivity index (χ0v) is 9.42. The van der Waals surface area contributed by atoms with Crippen LogP contribution < -0.4 is 5.73 Å². The van der Waals surface area contributed by atoms with Crippen LogP contribution in [0.5, 0.6) is 0 Å². The molecule has 6 nitrogen and oxygen atoms in total. The average Bonchev–Trinajstić information content (AvgIpc) is 2.37. The second-order valence-electron chi connectivity index (χ2n) is 3.34. The van der Waals surface area contributed by atoms with Crippen LogP contribution in [0.25, 0.3) is 0 Å². The smallest absolute Gasteiger partial charge is 0.337 e. The Balaban J connectivity index is 2.68. The summed E-state index contributed by atoms with van der Waals surface area (Å²) in [7, 11) is 1.30. The number of nitrogens with two attached hydrogens (primary N) is 1. The molecule has 0 aliphatic rings. The minimum atomic E-state index is -0.568. The van der Waals surface area contributed by atoms with Gasteiger partial charge < -0.3 is 10.5 Å². The molecule has 6 heteroatoms. The van der Waals surface area contributed by atoms with Gasteiger partial charge in [0.15, 0.2) is 0 Å². The van der Waals surface area contributed by atoms with Gasteiger partial charge in [-0.25, -0.2) is 9.86 Å². The maximum absolute atomic E-state index is 11.1. The molecule has 1 rings (SSSR count). The Hall–Kier alpha value is -1.92. The van der Waals surface area contributed by atoms with Crippen molar-refractivity contribution >= 4 is 11.9 Å². The van der Waals surface area contributed by atoms with Crippen LogP contribution >= 0.6 is 0 Å². The van der Waals surface area contributed by atoms with E-state index in [1.54, 1.807) is 24.3 Å². The lowest BCUT2D eigenvalue weighted by Crippen LogP contribution is -2.32. The van der Waals surface area contributed by atoms with E-state index in [9.17, 15) is 14.8 Å². The molecule has 92 valence electrons. The number of carbonyl (C=O) groups is 2. The molecule has 0 bridgehead atoms. The second kappa shape index (κ2) is 5.97. The average molecular weight is 238 g/mol. The highest BCUT2D eigenvalue weighted by molar-refractivity contribution is 5.89. The summed E-state index contributed by atoms with van der Waals surface area (Å²) in [6.45, 7) is -0.228. The number of hydrogen-bond acceptors (Lipinski definition) is 5. The Morgan fingerprint density at radius 2 is 1.94 bits per heavy atom. The van der Waals surface area contributed by atoms with Crippen molar-refractivity contribution in [3.05, 3.63) is 35.4 Å². The molecule has 0 unspecified atom stereocenters. The van der Waals surface area contributed by atoms with Gasteiger partial charge in [0.25, 0.3) is 5.91 Å². The van der Waals surface area contributed by atoms with E-state index in [1.165, 1.54) is 7.11 Å². The van der Waals surface area contributed by atoms with Gasteiger partial charge >= 0.3 is 5.97 Å². The van der Waals surface area contributed by atoms with E-state index in [2.05, 4.69) is 4.74 Å². The zero-order valence-electron chi connectivity index (χ0n) is 9.42. The Labute approximate surface area is 98.5 Å². The molecule has 17 heavy (non-hydrogen) atoms. The SMILES string of the molecule is COC(=O)c1ccc(CN(O)C(=O)CN)cc1. The van der Waals surface area contributed by atoms with Crippen molar-refractivity contribution in [1.29, 1.82) is 0 Å². The highest BCUT2D eigenvalue weighted by atomic mass is 16.5. The van der Waals surface area contributed by atoms with Crippen molar-refractivity contribution in [3.63, 3.8) is 0 Å². The van der Waals surface area contributed by atoms with Crippen molar-refractivity contribution in [1.82, 2.24) is 5.06 Å². The summed E-state index contributed by atoms with van der Waals surface area (Å²) in [5, 5.41) is 9.84. The number of hydroxylamine groups is 2. The Morgan fingerprint density at radius 3 is 2.41 bits per heavy atom. The van der Waals surface area contributed by atoms with Crippen molar-refractivity contribution in [2.24, 2.45) is 5.73 Å². The number of esters is 1. The number of hydrogen-bond donors (Lipinski definition) is 2. The number of nitrogens with zero attached hydrogens (tertiary/aromatic N) is 1. The molecular formula is C11H14N2O4. The van der Waals surface area contributed by atoms with E-state index in [1.807, 2.05) is 0 Å². The van der Waals surface area contributed by atoms with Gasteiger partial charge in [-0.05, 0) is 17.7 Å². The number of methoxy groups -OCH3 is 1. The second-order valence-corrected chi connectivity index (χ2v) is 3.34. The molecule has 0 atom stereocenters. The number of amides is 1. The minimum Gasteiger partial charge on any atom is -0.465 e. The fourth-order valence-corrected chi connectivity index (χ4v) is 1.23. The van der Waals surface area contributed by atoms with E-state index in [-0.39, 0.29) is 13.1 Å². The van der Waals surface area contributed by atoms with Crippen LogP contribution in [0.2, 0.25) is 0 Å². The molecule has 0 fully saturated rings. The lowest BCUT2D eigenvalue weighted by atomic mass is 10.1. The zero-order chi connectivity index (χ0) is 12.8. The van der Waals surface area contributed by atoms with Crippen molar-refractivity contribution in [2.75, 3.05) is 13.7 Å². The van der Waals surface area contributed by atoms with Crippen molar-refractivity contribution < 1.29 is 19.5 Å². The summed E-state index contributed by atoms with van der Waals surface area (Å²) < 4.78 is 4.54. The molecule has 0 saturated heterocycles. The first kappa shape index (κ1) is 13.1. The Morgan fingerprint density at radius 1 is 1.35 bits per heavy atom. The van der Waals surface area contributed by atoms with E-state index >= 15 is 0 Å². The Bertz CT molecular complexity index is 402. The molecule has 1 aromatic carbocycles. The summed E-state index contributed by atoms with van der Waals surface area (Å²) >= 11 is 0. The van der Waals surface area contributed by atoms with Crippen molar-refractivity contribution in [2.45, 2.75) is 6.54 Å². The van der Waals surface area contributed by atoms with Gasteiger partial charge in [-0.1, -0.05) is 12.1 Å². The van der Waals surface area contributed by atoms with Gasteiger partial charge in [-0.15, -0.1) is 0 Å². The quantitative estimate of drug-likeness (QED) is 0.442. The van der Waals surface area contributed by atoms with Crippen LogP contribution in [0, 0.1) is 0 Å². The first-order valence-corrected chi connectivity index (χ1v) is 4.95. The fraction of sp³-hybridized carbons (Fsp3) is 0.273. The van der Waals surface area contributed by atoms with Crippen LogP contribution in [0.3, 0.4) is 0 Å². The maximum Gasteiger partial charge on any atom is 0.337 e. The molecule has 0 heterocycles. The third-order valence-corrected chi connectivity index (χ3v) is 2.17. The summed E-state index contributed by atoms with van der Waals surface area (Å²) in [4.78, 5) is 22.2. The number of benzene rings is 1. The maximum atomic E-state index is 11.1. The molecule has 0 spiro atoms. The third-order valence-electron chi connectivity index (χ3n) is 2.17. The first-order valence-electron chi connectivity index (χ1n) is 4.95. The molecule has 1 amide bonds. The molecule has 1 aromatic rings. The number of rotatable bonds is 4. The van der Waals surface area contributed by atoms with Gasteiger partial charge in [0.1, 0.15) is 0 Å². The van der Waals surface area contributed by atoms with Gasteiger partial charge in [0, 0.05) is 0 Å². The summed E-state index contributed by atoms with van der Waals surface area (Å²) in [6.07, 6.45) is 0. The topological polar surface area (TPSA) is 92.9 Å². The van der Waals surface area contributed by atoms with Crippen LogP contribution in [0.4, 0.5) is 0 Å². The van der Waals surface area contributed by atoms with Crippen LogP contribution in [0.1, 0.15) is 15.9 Å². The monoisotopic (exact) mass is 238 g/mol. The van der Waals surface area contributed by atoms with Crippen LogP contribution in [0.15, 0.2) is 24.3 Å². The first-order chi connectivity index (χ1) is 8.08. The third kappa shape index (κ3) is 3.54. The standard InChI is InChI=1S/C11H14N2O4/c1-17-11(15)9-4-2-8(3-5-9)7-13(16)10(14)6-12/h2-5,16H,6-7,12H2,1H3. The van der Waals surface area contributed by atoms with E-state index in [0.29, 0.717) is 16.2 Å². The predicted molar refractivity (Wildman–Crippen MR) is 59.2 cm³/mol. The molecule has 3 N–H and O–H groups in total. The number of carbonyl (C=O) groups excluding carboxylic acids is 2. The van der Waals surface area contributed by atoms with Crippen LogP contribution in [-0.2, 0) is 16.1 Å². The number of ether oxygens (including phenoxy) is 1. The summed E-state index contributed by atoms with van der Waals surface area (Å²) in [5.74, 6) is -1.00. The van der Waals surface area contributed by atoms with Gasteiger partial charge in [0.05, 0.1) is 25.8 Å². The molecule has 0 saturated carbocycles. The summed E-state index contributed by atoms with van der Waals surface area (Å²) in [6, 6.07) is 6.36. The fourth-order valence-electron chi connectivity index (χ4n) is 1.23. The predicted octanol–water partition coefficient (Wildman–Crippen LogP) is 0.150. The summed E-state index contributed by atoms with van der Waals surface area (Å²) in [5.41, 5.74) is 6.19. The van der Waals surface area contributed by atoms with Gasteiger partial charge in [-0.3, -0.25) is 10.0 Å². The molecule has 0 radical (unpaired) electrons. The van der Waals surface area contributed by atoms with Crippen molar-refractivity contribution in [3.8, 4) is 0 Å². The van der Waals surface area contributed by atoms with Crippen LogP contribution in [-0.4, -0.2) is 35.8 Å². The van der Waals surface area contributed by atoms with Gasteiger partial charge in [-0.2, -0.15) is 0 Å². The van der Waals surface area contributed by atoms with E-state index in [0.717, 1.165) is 0 Å².